The third kappa shape index (κ3) is 4.92. The smallest absolute Gasteiger partial charge is 0.233 e. The Labute approximate surface area is 192 Å². The molecule has 0 atom stereocenters. The molecule has 32 heavy (non-hydrogen) atoms. The molecule has 1 fully saturated rings. The number of rotatable bonds is 7. The van der Waals surface area contributed by atoms with Crippen molar-refractivity contribution >= 4 is 38.7 Å². The van der Waals surface area contributed by atoms with Crippen LogP contribution in [0.3, 0.4) is 0 Å². The van der Waals surface area contributed by atoms with E-state index in [1.54, 1.807) is 4.90 Å². The topological polar surface area (TPSA) is 84.7 Å². The van der Waals surface area contributed by atoms with Crippen LogP contribution in [-0.2, 0) is 14.8 Å². The van der Waals surface area contributed by atoms with Crippen molar-refractivity contribution in [3.63, 3.8) is 0 Å². The van der Waals surface area contributed by atoms with E-state index >= 15 is 0 Å². The van der Waals surface area contributed by atoms with Crippen LogP contribution in [0.25, 0.3) is 16.7 Å². The lowest BCUT2D eigenvalue weighted by atomic mass is 10.2. The molecule has 3 aromatic rings. The van der Waals surface area contributed by atoms with E-state index in [9.17, 15) is 13.2 Å². The van der Waals surface area contributed by atoms with Gasteiger partial charge in [-0.2, -0.15) is 4.31 Å². The Hall–Kier alpha value is -2.56. The van der Waals surface area contributed by atoms with E-state index in [1.165, 1.54) is 22.3 Å². The first-order chi connectivity index (χ1) is 15.4. The normalized spacial score (nSPS) is 15.2. The summed E-state index contributed by atoms with van der Waals surface area (Å²) < 4.78 is 32.4. The van der Waals surface area contributed by atoms with Gasteiger partial charge >= 0.3 is 0 Å². The van der Waals surface area contributed by atoms with E-state index in [1.807, 2.05) is 60.0 Å². The standard InChI is InChI=1S/C22H26N4O4S2/c1-3-30-18-10-8-17(9-11-18)26-20-7-5-4-6-19(20)23-22(26)31-16-21(27)24-12-14-25(15-13-24)32(2,28)29/h4-11H,3,12-16H2,1-2H3. The molecule has 10 heteroatoms. The van der Waals surface area contributed by atoms with Gasteiger partial charge in [-0.3, -0.25) is 9.36 Å². The Morgan fingerprint density at radius 2 is 1.75 bits per heavy atom. The minimum Gasteiger partial charge on any atom is -0.494 e. The van der Waals surface area contributed by atoms with Crippen molar-refractivity contribution in [1.82, 2.24) is 18.8 Å². The lowest BCUT2D eigenvalue weighted by Crippen LogP contribution is -2.50. The quantitative estimate of drug-likeness (QED) is 0.490. The number of nitrogens with zero attached hydrogens (tertiary/aromatic N) is 4. The second kappa shape index (κ2) is 9.51. The third-order valence-corrected chi connectivity index (χ3v) is 7.55. The predicted molar refractivity (Wildman–Crippen MR) is 126 cm³/mol. The van der Waals surface area contributed by atoms with Gasteiger partial charge in [-0.1, -0.05) is 23.9 Å². The summed E-state index contributed by atoms with van der Waals surface area (Å²) in [6.45, 7) is 4.03. The van der Waals surface area contributed by atoms with Crippen LogP contribution in [-0.4, -0.2) is 77.9 Å². The summed E-state index contributed by atoms with van der Waals surface area (Å²) in [5.41, 5.74) is 2.77. The molecule has 0 N–H and O–H groups in total. The molecule has 1 aliphatic heterocycles. The van der Waals surface area contributed by atoms with Gasteiger partial charge in [0.2, 0.25) is 15.9 Å². The number of amides is 1. The summed E-state index contributed by atoms with van der Waals surface area (Å²) in [7, 11) is -3.22. The van der Waals surface area contributed by atoms with Gasteiger partial charge in [0, 0.05) is 31.9 Å². The monoisotopic (exact) mass is 474 g/mol. The number of imidazole rings is 1. The highest BCUT2D eigenvalue weighted by Gasteiger charge is 2.26. The van der Waals surface area contributed by atoms with Crippen molar-refractivity contribution in [3.05, 3.63) is 48.5 Å². The van der Waals surface area contributed by atoms with Crippen molar-refractivity contribution < 1.29 is 17.9 Å². The highest BCUT2D eigenvalue weighted by molar-refractivity contribution is 7.99. The van der Waals surface area contributed by atoms with Gasteiger partial charge in [-0.15, -0.1) is 0 Å². The van der Waals surface area contributed by atoms with E-state index < -0.39 is 10.0 Å². The number of thioether (sulfide) groups is 1. The Morgan fingerprint density at radius 1 is 1.06 bits per heavy atom. The van der Waals surface area contributed by atoms with Crippen LogP contribution in [0.5, 0.6) is 5.75 Å². The summed E-state index contributed by atoms with van der Waals surface area (Å²) in [5.74, 6) is 1.02. The largest absolute Gasteiger partial charge is 0.494 e. The van der Waals surface area contributed by atoms with Crippen LogP contribution in [0, 0.1) is 0 Å². The zero-order chi connectivity index (χ0) is 22.7. The fourth-order valence-corrected chi connectivity index (χ4v) is 5.45. The maximum atomic E-state index is 12.8. The van der Waals surface area contributed by atoms with Crippen LogP contribution in [0.1, 0.15) is 6.92 Å². The number of hydrogen-bond acceptors (Lipinski definition) is 6. The first-order valence-corrected chi connectivity index (χ1v) is 13.3. The molecule has 8 nitrogen and oxygen atoms in total. The number of hydrogen-bond donors (Lipinski definition) is 0. The second-order valence-electron chi connectivity index (χ2n) is 7.48. The van der Waals surface area contributed by atoms with Gasteiger partial charge in [0.25, 0.3) is 0 Å². The maximum Gasteiger partial charge on any atom is 0.233 e. The van der Waals surface area contributed by atoms with Crippen molar-refractivity contribution in [3.8, 4) is 11.4 Å². The number of fused-ring (bicyclic) bond motifs is 1. The molecule has 170 valence electrons. The molecule has 1 amide bonds. The van der Waals surface area contributed by atoms with Gasteiger partial charge in [-0.05, 0) is 43.3 Å². The van der Waals surface area contributed by atoms with E-state index in [0.717, 1.165) is 27.6 Å². The number of ether oxygens (including phenoxy) is 1. The molecule has 2 aromatic carbocycles. The van der Waals surface area contributed by atoms with Crippen LogP contribution in [0.4, 0.5) is 0 Å². The number of carbonyl (C=O) groups is 1. The Kier molecular flexibility index (Phi) is 6.73. The van der Waals surface area contributed by atoms with Gasteiger partial charge in [0.15, 0.2) is 5.16 Å². The summed E-state index contributed by atoms with van der Waals surface area (Å²) >= 11 is 1.39. The molecular weight excluding hydrogens is 448 g/mol. The number of sulfonamides is 1. The Balaban J connectivity index is 1.51. The molecule has 0 bridgehead atoms. The van der Waals surface area contributed by atoms with Crippen LogP contribution < -0.4 is 4.74 Å². The van der Waals surface area contributed by atoms with E-state index in [2.05, 4.69) is 0 Å². The number of piperazine rings is 1. The molecule has 0 spiro atoms. The van der Waals surface area contributed by atoms with Crippen molar-refractivity contribution in [1.29, 1.82) is 0 Å². The maximum absolute atomic E-state index is 12.8. The van der Waals surface area contributed by atoms with Gasteiger partial charge in [0.05, 0.1) is 29.6 Å². The molecule has 0 radical (unpaired) electrons. The molecule has 1 saturated heterocycles. The Bertz CT molecular complexity index is 1200. The van der Waals surface area contributed by atoms with Crippen molar-refractivity contribution in [2.75, 3.05) is 44.8 Å². The zero-order valence-electron chi connectivity index (χ0n) is 18.1. The Morgan fingerprint density at radius 3 is 2.41 bits per heavy atom. The minimum atomic E-state index is -3.22. The lowest BCUT2D eigenvalue weighted by molar-refractivity contribution is -0.129. The van der Waals surface area contributed by atoms with Crippen LogP contribution in [0.15, 0.2) is 53.7 Å². The number of para-hydroxylation sites is 2. The molecule has 4 rings (SSSR count). The van der Waals surface area contributed by atoms with E-state index in [0.29, 0.717) is 32.8 Å². The molecule has 1 aromatic heterocycles. The lowest BCUT2D eigenvalue weighted by Gasteiger charge is -2.33. The SMILES string of the molecule is CCOc1ccc(-n2c(SCC(=O)N3CCN(S(C)(=O)=O)CC3)nc3ccccc32)cc1. The average molecular weight is 475 g/mol. The minimum absolute atomic E-state index is 0.0200. The molecular formula is C22H26N4O4S2. The van der Waals surface area contributed by atoms with E-state index in [4.69, 9.17) is 9.72 Å². The third-order valence-electron chi connectivity index (χ3n) is 5.32. The van der Waals surface area contributed by atoms with E-state index in [-0.39, 0.29) is 11.7 Å². The summed E-state index contributed by atoms with van der Waals surface area (Å²) in [5, 5.41) is 0.735. The fraction of sp³-hybridized carbons (Fsp3) is 0.364. The number of benzene rings is 2. The zero-order valence-corrected chi connectivity index (χ0v) is 19.7. The molecule has 0 saturated carbocycles. The van der Waals surface area contributed by atoms with Gasteiger partial charge in [-0.25, -0.2) is 13.4 Å². The molecule has 0 unspecified atom stereocenters. The van der Waals surface area contributed by atoms with Crippen LogP contribution in [0.2, 0.25) is 0 Å². The average Bonchev–Trinajstić information content (AvgIpc) is 3.16. The van der Waals surface area contributed by atoms with Crippen molar-refractivity contribution in [2.45, 2.75) is 12.1 Å². The number of carbonyl (C=O) groups excluding carboxylic acids is 1. The van der Waals surface area contributed by atoms with Gasteiger partial charge in [0.1, 0.15) is 5.75 Å². The fourth-order valence-electron chi connectivity index (χ4n) is 3.70. The highest BCUT2D eigenvalue weighted by atomic mass is 32.2. The summed E-state index contributed by atoms with van der Waals surface area (Å²) in [4.78, 5) is 19.3. The van der Waals surface area contributed by atoms with Crippen LogP contribution >= 0.6 is 11.8 Å². The highest BCUT2D eigenvalue weighted by Crippen LogP contribution is 2.29. The second-order valence-corrected chi connectivity index (χ2v) is 10.4. The first-order valence-electron chi connectivity index (χ1n) is 10.4. The predicted octanol–water partition coefficient (Wildman–Crippen LogP) is 2.62. The van der Waals surface area contributed by atoms with Gasteiger partial charge < -0.3 is 9.64 Å². The molecule has 1 aliphatic rings. The first kappa shape index (κ1) is 22.6. The number of aromatic nitrogens is 2. The summed E-state index contributed by atoms with van der Waals surface area (Å²) in [6.07, 6.45) is 1.20. The molecule has 2 heterocycles. The summed E-state index contributed by atoms with van der Waals surface area (Å²) in [6, 6.07) is 15.7. The molecule has 0 aliphatic carbocycles. The van der Waals surface area contributed by atoms with Crippen molar-refractivity contribution in [2.24, 2.45) is 0 Å².